The van der Waals surface area contributed by atoms with Crippen molar-refractivity contribution in [2.75, 3.05) is 0 Å². The number of hydrogen-bond acceptors (Lipinski definition) is 6. The summed E-state index contributed by atoms with van der Waals surface area (Å²) in [5.41, 5.74) is -1.55. The van der Waals surface area contributed by atoms with E-state index < -0.39 is 45.3 Å². The van der Waals surface area contributed by atoms with E-state index in [1.165, 1.54) is 19.9 Å². The molecule has 0 aliphatic heterocycles. The number of benzene rings is 2. The van der Waals surface area contributed by atoms with E-state index in [1.54, 1.807) is 0 Å². The molecule has 0 radical (unpaired) electrons. The molecule has 2 aromatic rings. The van der Waals surface area contributed by atoms with E-state index >= 15 is 0 Å². The molecule has 31 heavy (non-hydrogen) atoms. The molecule has 2 aromatic carbocycles. The lowest BCUT2D eigenvalue weighted by atomic mass is 10.2. The van der Waals surface area contributed by atoms with Gasteiger partial charge in [0, 0.05) is 12.1 Å². The van der Waals surface area contributed by atoms with E-state index in [9.17, 15) is 36.3 Å². The number of nitro groups is 1. The zero-order valence-corrected chi connectivity index (χ0v) is 17.5. The highest BCUT2D eigenvalue weighted by Gasteiger charge is 2.31. The number of nitro benzene ring substituents is 1. The first-order valence-corrected chi connectivity index (χ1v) is 10.2. The SMILES string of the molecule is CC(C)N(OCc1cc(Oc2ccc(C(F)(F)F)cc2Cl)ccc1[N+](=O)[O-])S(=O)(=O)O. The molecule has 0 heterocycles. The highest BCUT2D eigenvalue weighted by Crippen LogP contribution is 2.37. The van der Waals surface area contributed by atoms with Gasteiger partial charge in [0.05, 0.1) is 21.1 Å². The van der Waals surface area contributed by atoms with E-state index in [0.717, 1.165) is 24.3 Å². The predicted molar refractivity (Wildman–Crippen MR) is 103 cm³/mol. The monoisotopic (exact) mass is 484 g/mol. The Morgan fingerprint density at radius 1 is 1.23 bits per heavy atom. The van der Waals surface area contributed by atoms with Gasteiger partial charge in [-0.3, -0.25) is 19.5 Å². The summed E-state index contributed by atoms with van der Waals surface area (Å²) < 4.78 is 75.8. The van der Waals surface area contributed by atoms with Crippen LogP contribution in [0.1, 0.15) is 25.0 Å². The normalized spacial score (nSPS) is 12.4. The van der Waals surface area contributed by atoms with E-state index in [1.807, 2.05) is 0 Å². The van der Waals surface area contributed by atoms with Crippen molar-refractivity contribution in [1.29, 1.82) is 0 Å². The molecule has 2 rings (SSSR count). The smallest absolute Gasteiger partial charge is 0.416 e. The Kier molecular flexibility index (Phi) is 7.49. The number of hydroxylamine groups is 1. The van der Waals surface area contributed by atoms with Gasteiger partial charge in [-0.15, -0.1) is 0 Å². The van der Waals surface area contributed by atoms with Crippen LogP contribution in [0.4, 0.5) is 18.9 Å². The third-order valence-corrected chi connectivity index (χ3v) is 5.01. The minimum Gasteiger partial charge on any atom is -0.456 e. The molecule has 0 aromatic heterocycles. The summed E-state index contributed by atoms with van der Waals surface area (Å²) >= 11 is 5.84. The van der Waals surface area contributed by atoms with Gasteiger partial charge in [-0.1, -0.05) is 16.1 Å². The maximum absolute atomic E-state index is 12.7. The molecule has 170 valence electrons. The van der Waals surface area contributed by atoms with Crippen LogP contribution in [0.2, 0.25) is 5.02 Å². The average Bonchev–Trinajstić information content (AvgIpc) is 2.61. The first kappa shape index (κ1) is 24.8. The van der Waals surface area contributed by atoms with Gasteiger partial charge in [-0.05, 0) is 44.2 Å². The van der Waals surface area contributed by atoms with Crippen molar-refractivity contribution in [2.45, 2.75) is 32.7 Å². The number of nitrogens with zero attached hydrogens (tertiary/aromatic N) is 2. The molecule has 9 nitrogen and oxygen atoms in total. The lowest BCUT2D eigenvalue weighted by Gasteiger charge is -2.21. The Balaban J connectivity index is 2.32. The third kappa shape index (κ3) is 6.51. The van der Waals surface area contributed by atoms with Gasteiger partial charge in [0.25, 0.3) is 5.69 Å². The molecule has 0 aliphatic rings. The first-order chi connectivity index (χ1) is 14.2. The zero-order valence-electron chi connectivity index (χ0n) is 16.0. The molecule has 0 bridgehead atoms. The second-order valence-corrected chi connectivity index (χ2v) is 8.06. The van der Waals surface area contributed by atoms with Crippen LogP contribution in [-0.4, -0.2) is 28.4 Å². The molecular weight excluding hydrogens is 469 g/mol. The van der Waals surface area contributed by atoms with Crippen molar-refractivity contribution in [3.05, 3.63) is 62.7 Å². The van der Waals surface area contributed by atoms with Crippen molar-refractivity contribution in [2.24, 2.45) is 0 Å². The van der Waals surface area contributed by atoms with Gasteiger partial charge < -0.3 is 4.74 Å². The summed E-state index contributed by atoms with van der Waals surface area (Å²) in [6, 6.07) is 4.94. The summed E-state index contributed by atoms with van der Waals surface area (Å²) in [5.74, 6) is -0.175. The fourth-order valence-electron chi connectivity index (χ4n) is 2.42. The molecule has 0 atom stereocenters. The van der Waals surface area contributed by atoms with Crippen molar-refractivity contribution in [3.8, 4) is 11.5 Å². The van der Waals surface area contributed by atoms with Crippen LogP contribution in [0.5, 0.6) is 11.5 Å². The predicted octanol–water partition coefficient (Wildman–Crippen LogP) is 5.00. The van der Waals surface area contributed by atoms with E-state index in [4.69, 9.17) is 21.2 Å². The Morgan fingerprint density at radius 3 is 2.35 bits per heavy atom. The molecule has 0 fully saturated rings. The van der Waals surface area contributed by atoms with Crippen LogP contribution >= 0.6 is 11.6 Å². The Hall–Kier alpha value is -2.45. The van der Waals surface area contributed by atoms with Crippen molar-refractivity contribution >= 4 is 27.6 Å². The van der Waals surface area contributed by atoms with Gasteiger partial charge >= 0.3 is 16.5 Å². The second-order valence-electron chi connectivity index (χ2n) is 6.39. The number of ether oxygens (including phenoxy) is 1. The van der Waals surface area contributed by atoms with Gasteiger partial charge in [0.1, 0.15) is 18.1 Å². The molecule has 0 saturated carbocycles. The van der Waals surface area contributed by atoms with Crippen molar-refractivity contribution in [3.63, 3.8) is 0 Å². The zero-order chi connectivity index (χ0) is 23.6. The number of halogens is 4. The largest absolute Gasteiger partial charge is 0.456 e. The second kappa shape index (κ2) is 9.36. The molecule has 0 amide bonds. The number of rotatable bonds is 8. The quantitative estimate of drug-likeness (QED) is 0.318. The standard InChI is InChI=1S/C17H16ClF3N2O7S/c1-10(2)23(31(26,27)28)29-9-11-7-13(4-5-15(11)22(24)25)30-16-6-3-12(8-14(16)18)17(19,20)21/h3-8,10H,9H2,1-2H3,(H,26,27,28). The summed E-state index contributed by atoms with van der Waals surface area (Å²) in [7, 11) is -4.75. The molecule has 14 heteroatoms. The fourth-order valence-corrected chi connectivity index (χ4v) is 3.36. The molecule has 0 aliphatic carbocycles. The summed E-state index contributed by atoms with van der Waals surface area (Å²) in [4.78, 5) is 15.5. The Bertz CT molecular complexity index is 1080. The van der Waals surface area contributed by atoms with Crippen molar-refractivity contribution in [1.82, 2.24) is 4.47 Å². The van der Waals surface area contributed by atoms with E-state index in [0.29, 0.717) is 6.07 Å². The van der Waals surface area contributed by atoms with E-state index in [-0.39, 0.29) is 26.6 Å². The summed E-state index contributed by atoms with van der Waals surface area (Å²) in [6.07, 6.45) is -4.60. The molecule has 1 N–H and O–H groups in total. The van der Waals surface area contributed by atoms with Gasteiger partial charge in [0.15, 0.2) is 0 Å². The minimum atomic E-state index is -4.75. The molecule has 0 unspecified atom stereocenters. The maximum Gasteiger partial charge on any atom is 0.416 e. The lowest BCUT2D eigenvalue weighted by molar-refractivity contribution is -0.386. The lowest BCUT2D eigenvalue weighted by Crippen LogP contribution is -2.36. The number of hydrogen-bond donors (Lipinski definition) is 1. The van der Waals surface area contributed by atoms with Crippen LogP contribution in [0.25, 0.3) is 0 Å². The average molecular weight is 485 g/mol. The maximum atomic E-state index is 12.7. The van der Waals surface area contributed by atoms with Crippen LogP contribution < -0.4 is 4.74 Å². The molecular formula is C17H16ClF3N2O7S. The van der Waals surface area contributed by atoms with Gasteiger partial charge in [-0.25, -0.2) is 0 Å². The first-order valence-electron chi connectivity index (χ1n) is 8.42. The van der Waals surface area contributed by atoms with E-state index in [2.05, 4.69) is 0 Å². The van der Waals surface area contributed by atoms with Crippen LogP contribution in [0, 0.1) is 10.1 Å². The summed E-state index contributed by atoms with van der Waals surface area (Å²) in [5, 5.41) is 10.9. The highest BCUT2D eigenvalue weighted by molar-refractivity contribution is 7.83. The van der Waals surface area contributed by atoms with Crippen LogP contribution in [0.15, 0.2) is 36.4 Å². The Labute approximate surface area is 179 Å². The minimum absolute atomic E-state index is 0.0335. The molecule has 0 saturated heterocycles. The van der Waals surface area contributed by atoms with Gasteiger partial charge in [0.2, 0.25) is 0 Å². The fraction of sp³-hybridized carbons (Fsp3) is 0.294. The highest BCUT2D eigenvalue weighted by atomic mass is 35.5. The Morgan fingerprint density at radius 2 is 1.87 bits per heavy atom. The molecule has 0 spiro atoms. The van der Waals surface area contributed by atoms with Crippen molar-refractivity contribution < 1.29 is 40.6 Å². The van der Waals surface area contributed by atoms with Crippen LogP contribution in [-0.2, 0) is 27.9 Å². The van der Waals surface area contributed by atoms with Crippen LogP contribution in [0.3, 0.4) is 0 Å². The third-order valence-electron chi connectivity index (χ3n) is 3.73. The topological polar surface area (TPSA) is 119 Å². The summed E-state index contributed by atoms with van der Waals surface area (Å²) in [6.45, 7) is 2.16. The van der Waals surface area contributed by atoms with Gasteiger partial charge in [-0.2, -0.15) is 21.6 Å². The number of alkyl halides is 3.